The van der Waals surface area contributed by atoms with Gasteiger partial charge in [-0.15, -0.1) is 0 Å². The molecule has 0 aliphatic rings. The van der Waals surface area contributed by atoms with Crippen molar-refractivity contribution in [3.8, 4) is 5.75 Å². The molecule has 0 aliphatic heterocycles. The zero-order valence-corrected chi connectivity index (χ0v) is 13.3. The Labute approximate surface area is 134 Å². The van der Waals surface area contributed by atoms with Crippen molar-refractivity contribution >= 4 is 45.5 Å². The van der Waals surface area contributed by atoms with Crippen molar-refractivity contribution in [1.82, 2.24) is 4.57 Å². The van der Waals surface area contributed by atoms with Gasteiger partial charge in [-0.05, 0) is 40.2 Å². The van der Waals surface area contributed by atoms with Crippen LogP contribution in [0.1, 0.15) is 5.56 Å². The van der Waals surface area contributed by atoms with Crippen LogP contribution in [0.15, 0.2) is 34.9 Å². The molecular formula is C13H10BrCl2N3O. The number of hydrogen-bond donors (Lipinski definition) is 2. The van der Waals surface area contributed by atoms with Crippen LogP contribution in [0, 0.1) is 10.8 Å². The molecule has 0 saturated heterocycles. The zero-order valence-electron chi connectivity index (χ0n) is 10.2. The van der Waals surface area contributed by atoms with E-state index in [1.54, 1.807) is 30.5 Å². The minimum Gasteiger partial charge on any atom is -0.489 e. The number of rotatable bonds is 4. The van der Waals surface area contributed by atoms with Gasteiger partial charge in [-0.25, -0.2) is 0 Å². The number of halogens is 3. The Balaban J connectivity index is 2.20. The maximum Gasteiger partial charge on any atom is 0.130 e. The van der Waals surface area contributed by atoms with Crippen molar-refractivity contribution in [1.29, 1.82) is 10.8 Å². The lowest BCUT2D eigenvalue weighted by atomic mass is 10.3. The second-order valence-corrected chi connectivity index (χ2v) is 5.69. The maximum atomic E-state index is 7.75. The standard InChI is InChI=1S/C13H10BrCl2N3O/c14-12-5-19(7-17)13(18)1-8(12)6-20-11-3-9(15)2-10(16)4-11/h1-5,7,17-18H,6H2. The van der Waals surface area contributed by atoms with Crippen LogP contribution >= 0.6 is 39.1 Å². The molecule has 0 radical (unpaired) electrons. The van der Waals surface area contributed by atoms with E-state index in [9.17, 15) is 0 Å². The molecule has 0 amide bonds. The van der Waals surface area contributed by atoms with Gasteiger partial charge >= 0.3 is 0 Å². The van der Waals surface area contributed by atoms with E-state index in [1.807, 2.05) is 0 Å². The molecule has 2 aromatic rings. The zero-order chi connectivity index (χ0) is 14.7. The molecule has 0 aliphatic carbocycles. The molecule has 7 heteroatoms. The van der Waals surface area contributed by atoms with Gasteiger partial charge in [-0.2, -0.15) is 0 Å². The van der Waals surface area contributed by atoms with Crippen LogP contribution < -0.4 is 10.2 Å². The highest BCUT2D eigenvalue weighted by atomic mass is 79.9. The molecule has 4 nitrogen and oxygen atoms in total. The molecule has 0 atom stereocenters. The van der Waals surface area contributed by atoms with Crippen molar-refractivity contribution < 1.29 is 4.74 Å². The summed E-state index contributed by atoms with van der Waals surface area (Å²) >= 11 is 15.2. The summed E-state index contributed by atoms with van der Waals surface area (Å²) in [5.74, 6) is 0.560. The van der Waals surface area contributed by atoms with E-state index in [0.717, 1.165) is 16.4 Å². The van der Waals surface area contributed by atoms with Crippen LogP contribution in [0.25, 0.3) is 0 Å². The first-order chi connectivity index (χ1) is 9.49. The van der Waals surface area contributed by atoms with Gasteiger partial charge in [0.15, 0.2) is 0 Å². The molecule has 0 saturated carbocycles. The van der Waals surface area contributed by atoms with E-state index in [0.29, 0.717) is 15.8 Å². The average molecular weight is 375 g/mol. The van der Waals surface area contributed by atoms with Gasteiger partial charge in [0.2, 0.25) is 0 Å². The Morgan fingerprint density at radius 2 is 1.85 bits per heavy atom. The lowest BCUT2D eigenvalue weighted by Crippen LogP contribution is -2.19. The number of aromatic nitrogens is 1. The fourth-order valence-corrected chi connectivity index (χ4v) is 2.53. The second-order valence-electron chi connectivity index (χ2n) is 3.96. The van der Waals surface area contributed by atoms with Gasteiger partial charge in [0.1, 0.15) is 17.8 Å². The lowest BCUT2D eigenvalue weighted by Gasteiger charge is -2.10. The van der Waals surface area contributed by atoms with Gasteiger partial charge in [0.05, 0.1) is 6.34 Å². The molecule has 1 aromatic carbocycles. The van der Waals surface area contributed by atoms with Gasteiger partial charge in [0.25, 0.3) is 0 Å². The first-order valence-electron chi connectivity index (χ1n) is 5.54. The molecule has 1 aromatic heterocycles. The first kappa shape index (κ1) is 15.1. The summed E-state index contributed by atoms with van der Waals surface area (Å²) in [5.41, 5.74) is 0.995. The Kier molecular flexibility index (Phi) is 4.86. The topological polar surface area (TPSA) is 61.9 Å². The number of nitrogens with one attached hydrogen (secondary N) is 2. The van der Waals surface area contributed by atoms with E-state index in [-0.39, 0.29) is 12.1 Å². The highest BCUT2D eigenvalue weighted by molar-refractivity contribution is 9.10. The third kappa shape index (κ3) is 3.62. The maximum absolute atomic E-state index is 7.75. The molecule has 0 fully saturated rings. The van der Waals surface area contributed by atoms with E-state index in [1.165, 1.54) is 4.57 Å². The number of ether oxygens (including phenoxy) is 1. The van der Waals surface area contributed by atoms with Gasteiger partial charge in [-0.1, -0.05) is 23.2 Å². The van der Waals surface area contributed by atoms with Crippen molar-refractivity contribution in [3.63, 3.8) is 0 Å². The third-order valence-corrected chi connectivity index (χ3v) is 3.67. The minimum absolute atomic E-state index is 0.200. The monoisotopic (exact) mass is 373 g/mol. The summed E-state index contributed by atoms with van der Waals surface area (Å²) in [6, 6.07) is 6.60. The molecule has 2 rings (SSSR count). The van der Waals surface area contributed by atoms with Crippen molar-refractivity contribution in [3.05, 3.63) is 56.0 Å². The van der Waals surface area contributed by atoms with Crippen LogP contribution in [-0.2, 0) is 6.61 Å². The Morgan fingerprint density at radius 3 is 2.45 bits per heavy atom. The van der Waals surface area contributed by atoms with Crippen molar-refractivity contribution in [2.75, 3.05) is 0 Å². The number of hydrogen-bond acceptors (Lipinski definition) is 3. The largest absolute Gasteiger partial charge is 0.489 e. The average Bonchev–Trinajstić information content (AvgIpc) is 2.38. The molecule has 2 N–H and O–H groups in total. The predicted octanol–water partition coefficient (Wildman–Crippen LogP) is 4.07. The summed E-state index contributed by atoms with van der Waals surface area (Å²) in [5, 5.41) is 15.9. The molecule has 0 spiro atoms. The Morgan fingerprint density at radius 1 is 1.20 bits per heavy atom. The fourth-order valence-electron chi connectivity index (χ4n) is 1.57. The SMILES string of the molecule is N=Cn1cc(Br)c(COc2cc(Cl)cc(Cl)c2)cc1=N. The number of pyridine rings is 1. The van der Waals surface area contributed by atoms with Crippen LogP contribution in [0.3, 0.4) is 0 Å². The van der Waals surface area contributed by atoms with E-state index >= 15 is 0 Å². The van der Waals surface area contributed by atoms with E-state index in [2.05, 4.69) is 15.9 Å². The molecule has 0 bridgehead atoms. The van der Waals surface area contributed by atoms with Gasteiger partial charge < -0.3 is 4.74 Å². The van der Waals surface area contributed by atoms with Crippen LogP contribution in [0.2, 0.25) is 10.0 Å². The highest BCUT2D eigenvalue weighted by Gasteiger charge is 2.05. The molecule has 104 valence electrons. The summed E-state index contributed by atoms with van der Waals surface area (Å²) in [6.07, 6.45) is 2.70. The van der Waals surface area contributed by atoms with Crippen LogP contribution in [0.5, 0.6) is 5.75 Å². The van der Waals surface area contributed by atoms with Crippen LogP contribution in [0.4, 0.5) is 0 Å². The lowest BCUT2D eigenvalue weighted by molar-refractivity contribution is 0.305. The normalized spacial score (nSPS) is 10.3. The second kappa shape index (κ2) is 6.43. The van der Waals surface area contributed by atoms with Crippen LogP contribution in [-0.4, -0.2) is 10.9 Å². The van der Waals surface area contributed by atoms with Gasteiger partial charge in [-0.3, -0.25) is 15.4 Å². The first-order valence-corrected chi connectivity index (χ1v) is 7.09. The van der Waals surface area contributed by atoms with E-state index < -0.39 is 0 Å². The predicted molar refractivity (Wildman–Crippen MR) is 83.0 cm³/mol. The minimum atomic E-state index is 0.200. The molecule has 0 unspecified atom stereocenters. The highest BCUT2D eigenvalue weighted by Crippen LogP contribution is 2.25. The summed E-state index contributed by atoms with van der Waals surface area (Å²) in [7, 11) is 0. The molecule has 1 heterocycles. The smallest absolute Gasteiger partial charge is 0.130 e. The molecular weight excluding hydrogens is 365 g/mol. The number of benzene rings is 1. The van der Waals surface area contributed by atoms with Crippen molar-refractivity contribution in [2.24, 2.45) is 0 Å². The van der Waals surface area contributed by atoms with Crippen molar-refractivity contribution in [2.45, 2.75) is 6.61 Å². The number of nitrogens with zero attached hydrogens (tertiary/aromatic N) is 1. The molecule has 20 heavy (non-hydrogen) atoms. The summed E-state index contributed by atoms with van der Waals surface area (Å²) < 4.78 is 7.75. The summed E-state index contributed by atoms with van der Waals surface area (Å²) in [6.45, 7) is 0.266. The quantitative estimate of drug-likeness (QED) is 0.614. The van der Waals surface area contributed by atoms with Gasteiger partial charge in [0, 0.05) is 26.3 Å². The summed E-state index contributed by atoms with van der Waals surface area (Å²) in [4.78, 5) is 0. The van der Waals surface area contributed by atoms with E-state index in [4.69, 9.17) is 38.8 Å². The Bertz CT molecular complexity index is 695. The third-order valence-electron chi connectivity index (χ3n) is 2.52. The fraction of sp³-hybridized carbons (Fsp3) is 0.0769. The Hall–Kier alpha value is -1.30.